The van der Waals surface area contributed by atoms with Gasteiger partial charge in [0.15, 0.2) is 0 Å². The van der Waals surface area contributed by atoms with E-state index in [0.717, 1.165) is 29.2 Å². The van der Waals surface area contributed by atoms with Gasteiger partial charge in [-0.1, -0.05) is 6.07 Å². The second kappa shape index (κ2) is 9.41. The van der Waals surface area contributed by atoms with Gasteiger partial charge in [0.05, 0.1) is 24.4 Å². The van der Waals surface area contributed by atoms with E-state index in [1.54, 1.807) is 12.0 Å². The molecule has 144 valence electrons. The molecule has 1 atom stereocenters. The number of carbonyl (C=O) groups excluding carboxylic acids is 2. The van der Waals surface area contributed by atoms with E-state index in [0.29, 0.717) is 26.2 Å². The molecule has 6 nitrogen and oxygen atoms in total. The molecule has 0 radical (unpaired) electrons. The number of ether oxygens (including phenoxy) is 2. The molecule has 1 aromatic heterocycles. The third-order valence-corrected chi connectivity index (χ3v) is 5.40. The van der Waals surface area contributed by atoms with Crippen molar-refractivity contribution in [3.8, 4) is 11.5 Å². The standard InChI is InChI=1S/C20H24N2O4S/c1-25-16-6-8-17(9-7-16)26-12-10-21-19(23)15-4-2-11-22(14-15)20(24)18-5-3-13-27-18/h3,5-9,13,15H,2,4,10-12,14H2,1H3,(H,21,23). The van der Waals surface area contributed by atoms with Crippen LogP contribution in [-0.2, 0) is 4.79 Å². The molecule has 3 rings (SSSR count). The topological polar surface area (TPSA) is 67.9 Å². The number of rotatable bonds is 7. The average molecular weight is 388 g/mol. The summed E-state index contributed by atoms with van der Waals surface area (Å²) < 4.78 is 10.7. The summed E-state index contributed by atoms with van der Waals surface area (Å²) in [5.74, 6) is 1.34. The average Bonchev–Trinajstić information content (AvgIpc) is 3.26. The SMILES string of the molecule is COc1ccc(OCCNC(=O)C2CCCN(C(=O)c3cccs3)C2)cc1. The number of carbonyl (C=O) groups is 2. The Morgan fingerprint density at radius 1 is 1.22 bits per heavy atom. The Balaban J connectivity index is 1.41. The highest BCUT2D eigenvalue weighted by molar-refractivity contribution is 7.12. The highest BCUT2D eigenvalue weighted by Crippen LogP contribution is 2.21. The first kappa shape index (κ1) is 19.2. The summed E-state index contributed by atoms with van der Waals surface area (Å²) in [4.78, 5) is 27.4. The van der Waals surface area contributed by atoms with Crippen molar-refractivity contribution in [3.05, 3.63) is 46.7 Å². The minimum absolute atomic E-state index is 0.0167. The van der Waals surface area contributed by atoms with Gasteiger partial charge in [0.1, 0.15) is 18.1 Å². The van der Waals surface area contributed by atoms with Crippen LogP contribution < -0.4 is 14.8 Å². The summed E-state index contributed by atoms with van der Waals surface area (Å²) >= 11 is 1.44. The van der Waals surface area contributed by atoms with Crippen molar-refractivity contribution < 1.29 is 19.1 Å². The van der Waals surface area contributed by atoms with Crippen molar-refractivity contribution in [2.24, 2.45) is 5.92 Å². The molecule has 2 amide bonds. The van der Waals surface area contributed by atoms with Gasteiger partial charge in [-0.05, 0) is 48.6 Å². The lowest BCUT2D eigenvalue weighted by Crippen LogP contribution is -2.45. The molecule has 2 heterocycles. The summed E-state index contributed by atoms with van der Waals surface area (Å²) in [6, 6.07) is 11.0. The fourth-order valence-electron chi connectivity index (χ4n) is 3.09. The zero-order chi connectivity index (χ0) is 19.1. The van der Waals surface area contributed by atoms with Crippen LogP contribution in [0.4, 0.5) is 0 Å². The lowest BCUT2D eigenvalue weighted by Gasteiger charge is -2.31. The van der Waals surface area contributed by atoms with E-state index in [4.69, 9.17) is 9.47 Å². The minimum Gasteiger partial charge on any atom is -0.497 e. The molecule has 0 saturated carbocycles. The maximum atomic E-state index is 12.5. The Morgan fingerprint density at radius 2 is 2.00 bits per heavy atom. The first-order valence-electron chi connectivity index (χ1n) is 9.04. The van der Waals surface area contributed by atoms with Gasteiger partial charge in [-0.25, -0.2) is 0 Å². The van der Waals surface area contributed by atoms with Crippen LogP contribution in [0.3, 0.4) is 0 Å². The molecule has 0 bridgehead atoms. The van der Waals surface area contributed by atoms with Crippen molar-refractivity contribution in [1.82, 2.24) is 10.2 Å². The summed E-state index contributed by atoms with van der Waals surface area (Å²) in [5, 5.41) is 4.81. The predicted octanol–water partition coefficient (Wildman–Crippen LogP) is 2.80. The number of nitrogens with zero attached hydrogens (tertiary/aromatic N) is 1. The Morgan fingerprint density at radius 3 is 2.70 bits per heavy atom. The van der Waals surface area contributed by atoms with Crippen molar-refractivity contribution in [2.45, 2.75) is 12.8 Å². The molecule has 27 heavy (non-hydrogen) atoms. The van der Waals surface area contributed by atoms with Crippen LogP contribution in [0.2, 0.25) is 0 Å². The third-order valence-electron chi connectivity index (χ3n) is 4.54. The smallest absolute Gasteiger partial charge is 0.263 e. The zero-order valence-corrected chi connectivity index (χ0v) is 16.2. The van der Waals surface area contributed by atoms with Crippen LogP contribution in [0.1, 0.15) is 22.5 Å². The number of benzene rings is 1. The van der Waals surface area contributed by atoms with Gasteiger partial charge in [0.25, 0.3) is 5.91 Å². The molecule has 2 aromatic rings. The van der Waals surface area contributed by atoms with E-state index < -0.39 is 0 Å². The van der Waals surface area contributed by atoms with E-state index in [-0.39, 0.29) is 17.7 Å². The fourth-order valence-corrected chi connectivity index (χ4v) is 3.78. The van der Waals surface area contributed by atoms with Gasteiger partial charge in [0, 0.05) is 13.1 Å². The van der Waals surface area contributed by atoms with Crippen molar-refractivity contribution in [3.63, 3.8) is 0 Å². The quantitative estimate of drug-likeness (QED) is 0.741. The molecular formula is C20H24N2O4S. The van der Waals surface area contributed by atoms with Gasteiger partial charge in [-0.3, -0.25) is 9.59 Å². The maximum absolute atomic E-state index is 12.5. The van der Waals surface area contributed by atoms with E-state index in [9.17, 15) is 9.59 Å². The van der Waals surface area contributed by atoms with E-state index in [1.807, 2.05) is 41.8 Å². The van der Waals surface area contributed by atoms with Crippen molar-refractivity contribution >= 4 is 23.2 Å². The highest BCUT2D eigenvalue weighted by Gasteiger charge is 2.29. The zero-order valence-electron chi connectivity index (χ0n) is 15.3. The Labute approximate surface area is 163 Å². The van der Waals surface area contributed by atoms with Crippen LogP contribution in [-0.4, -0.2) is 50.1 Å². The molecule has 1 fully saturated rings. The van der Waals surface area contributed by atoms with Gasteiger partial charge in [-0.15, -0.1) is 11.3 Å². The number of likely N-dealkylation sites (tertiary alicyclic amines) is 1. The van der Waals surface area contributed by atoms with Crippen LogP contribution in [0.25, 0.3) is 0 Å². The highest BCUT2D eigenvalue weighted by atomic mass is 32.1. The molecule has 0 spiro atoms. The van der Waals surface area contributed by atoms with E-state index in [2.05, 4.69) is 5.32 Å². The minimum atomic E-state index is -0.163. The molecule has 1 saturated heterocycles. The largest absolute Gasteiger partial charge is 0.497 e. The number of amides is 2. The normalized spacial score (nSPS) is 16.6. The fraction of sp³-hybridized carbons (Fsp3) is 0.400. The molecule has 0 aliphatic carbocycles. The molecular weight excluding hydrogens is 364 g/mol. The summed E-state index contributed by atoms with van der Waals surface area (Å²) in [6.45, 7) is 2.01. The van der Waals surface area contributed by atoms with Gasteiger partial charge < -0.3 is 19.7 Å². The number of hydrogen-bond acceptors (Lipinski definition) is 5. The summed E-state index contributed by atoms with van der Waals surface area (Å²) in [7, 11) is 1.62. The summed E-state index contributed by atoms with van der Waals surface area (Å²) in [6.07, 6.45) is 1.65. The third kappa shape index (κ3) is 5.23. The van der Waals surface area contributed by atoms with Gasteiger partial charge >= 0.3 is 0 Å². The van der Waals surface area contributed by atoms with Crippen molar-refractivity contribution in [2.75, 3.05) is 33.4 Å². The Hall–Kier alpha value is -2.54. The second-order valence-corrected chi connectivity index (χ2v) is 7.33. The maximum Gasteiger partial charge on any atom is 0.263 e. The monoisotopic (exact) mass is 388 g/mol. The van der Waals surface area contributed by atoms with Crippen LogP contribution >= 0.6 is 11.3 Å². The lowest BCUT2D eigenvalue weighted by molar-refractivity contribution is -0.126. The second-order valence-electron chi connectivity index (χ2n) is 6.38. The number of methoxy groups -OCH3 is 1. The van der Waals surface area contributed by atoms with E-state index >= 15 is 0 Å². The number of thiophene rings is 1. The molecule has 1 N–H and O–H groups in total. The van der Waals surface area contributed by atoms with Crippen LogP contribution in [0.15, 0.2) is 41.8 Å². The summed E-state index contributed by atoms with van der Waals surface area (Å²) in [5.41, 5.74) is 0. The number of piperidine rings is 1. The van der Waals surface area contributed by atoms with Gasteiger partial charge in [0.2, 0.25) is 5.91 Å². The molecule has 1 aromatic carbocycles. The molecule has 7 heteroatoms. The van der Waals surface area contributed by atoms with Crippen LogP contribution in [0.5, 0.6) is 11.5 Å². The Bertz CT molecular complexity index is 746. The first-order chi connectivity index (χ1) is 13.2. The predicted molar refractivity (Wildman–Crippen MR) is 104 cm³/mol. The Kier molecular flexibility index (Phi) is 6.70. The number of hydrogen-bond donors (Lipinski definition) is 1. The van der Waals surface area contributed by atoms with Crippen molar-refractivity contribution in [1.29, 1.82) is 0 Å². The molecule has 1 aliphatic heterocycles. The lowest BCUT2D eigenvalue weighted by atomic mass is 9.97. The van der Waals surface area contributed by atoms with Gasteiger partial charge in [-0.2, -0.15) is 0 Å². The molecule has 1 aliphatic rings. The number of nitrogens with one attached hydrogen (secondary N) is 1. The first-order valence-corrected chi connectivity index (χ1v) is 9.92. The van der Waals surface area contributed by atoms with Crippen LogP contribution in [0, 0.1) is 5.92 Å². The molecule has 1 unspecified atom stereocenters. The van der Waals surface area contributed by atoms with E-state index in [1.165, 1.54) is 11.3 Å².